The number of aliphatic hydroxyl groups excluding tert-OH is 1. The van der Waals surface area contributed by atoms with Crippen LogP contribution in [0, 0.1) is 12.3 Å². The molecular formula is C25H50O3Si2. The summed E-state index contributed by atoms with van der Waals surface area (Å²) in [6.45, 7) is 28.6. The molecule has 0 spiro atoms. The van der Waals surface area contributed by atoms with Crippen LogP contribution < -0.4 is 0 Å². The molecule has 0 heterocycles. The van der Waals surface area contributed by atoms with Crippen LogP contribution in [0.2, 0.25) is 34.8 Å². The molecule has 0 saturated heterocycles. The van der Waals surface area contributed by atoms with Crippen molar-refractivity contribution >= 4 is 16.6 Å². The van der Waals surface area contributed by atoms with E-state index in [1.165, 1.54) is 0 Å². The number of hydrogen-bond acceptors (Lipinski definition) is 3. The van der Waals surface area contributed by atoms with Crippen LogP contribution in [-0.4, -0.2) is 40.1 Å². The lowest BCUT2D eigenvalue weighted by Gasteiger charge is -2.45. The first kappa shape index (κ1) is 29.6. The second kappa shape index (κ2) is 12.0. The Kier molecular flexibility index (Phi) is 11.9. The minimum atomic E-state index is -2.09. The van der Waals surface area contributed by atoms with Gasteiger partial charge < -0.3 is 14.0 Å². The van der Waals surface area contributed by atoms with Gasteiger partial charge in [-0.25, -0.2) is 0 Å². The van der Waals surface area contributed by atoms with Gasteiger partial charge in [-0.3, -0.25) is 0 Å². The largest absolute Gasteiger partial charge is 0.414 e. The maximum atomic E-state index is 10.5. The molecule has 0 aromatic heterocycles. The minimum Gasteiger partial charge on any atom is -0.414 e. The molecule has 0 aromatic carbocycles. The van der Waals surface area contributed by atoms with Gasteiger partial charge in [0.25, 0.3) is 0 Å². The zero-order valence-electron chi connectivity index (χ0n) is 21.7. The summed E-state index contributed by atoms with van der Waals surface area (Å²) >= 11 is 0. The summed E-state index contributed by atoms with van der Waals surface area (Å²) in [7, 11) is -4.11. The second-order valence-corrected chi connectivity index (χ2v) is 21.4. The standard InChI is InChI=1S/C25H50O3Si2/c1-14-16-22(26)17-24(27-29(12,13)25(9,10)11)18-23(15-2)28-30(19(3)4,20(5)6)21(7)8/h2,14,19-24,26H,1,16-18H2,3-13H3/t22-,23-,24-/m0/s1. The first-order valence-electron chi connectivity index (χ1n) is 11.7. The smallest absolute Gasteiger partial charge is 0.202 e. The van der Waals surface area contributed by atoms with Gasteiger partial charge in [-0.05, 0) is 47.6 Å². The van der Waals surface area contributed by atoms with Gasteiger partial charge in [-0.2, -0.15) is 0 Å². The van der Waals surface area contributed by atoms with Gasteiger partial charge in [0.1, 0.15) is 6.10 Å². The highest BCUT2D eigenvalue weighted by molar-refractivity contribution is 6.77. The Labute approximate surface area is 190 Å². The summed E-state index contributed by atoms with van der Waals surface area (Å²) in [5.41, 5.74) is 1.42. The monoisotopic (exact) mass is 454 g/mol. The van der Waals surface area contributed by atoms with Crippen molar-refractivity contribution < 1.29 is 14.0 Å². The maximum Gasteiger partial charge on any atom is 0.202 e. The summed E-state index contributed by atoms with van der Waals surface area (Å²) < 4.78 is 13.6. The van der Waals surface area contributed by atoms with Crippen LogP contribution in [0.5, 0.6) is 0 Å². The van der Waals surface area contributed by atoms with Crippen LogP contribution in [0.1, 0.15) is 81.6 Å². The van der Waals surface area contributed by atoms with E-state index in [9.17, 15) is 5.11 Å². The highest BCUT2D eigenvalue weighted by Crippen LogP contribution is 2.44. The highest BCUT2D eigenvalue weighted by Gasteiger charge is 2.47. The normalized spacial score (nSPS) is 16.6. The van der Waals surface area contributed by atoms with E-state index in [-0.39, 0.29) is 17.2 Å². The van der Waals surface area contributed by atoms with E-state index in [4.69, 9.17) is 15.3 Å². The molecule has 1 N–H and O–H groups in total. The fourth-order valence-corrected chi connectivity index (χ4v) is 11.3. The van der Waals surface area contributed by atoms with Crippen LogP contribution in [0.4, 0.5) is 0 Å². The zero-order valence-corrected chi connectivity index (χ0v) is 23.7. The fraction of sp³-hybridized carbons (Fsp3) is 0.840. The Bertz CT molecular complexity index is 534. The lowest BCUT2D eigenvalue weighted by Crippen LogP contribution is -2.51. The Morgan fingerprint density at radius 2 is 1.43 bits per heavy atom. The first-order chi connectivity index (χ1) is 13.5. The molecule has 30 heavy (non-hydrogen) atoms. The average molecular weight is 455 g/mol. The molecule has 3 atom stereocenters. The number of hydrogen-bond donors (Lipinski definition) is 1. The molecule has 3 nitrogen and oxygen atoms in total. The number of terminal acetylenes is 1. The molecule has 0 aliphatic heterocycles. The third-order valence-electron chi connectivity index (χ3n) is 6.96. The highest BCUT2D eigenvalue weighted by atomic mass is 28.4. The van der Waals surface area contributed by atoms with Crippen molar-refractivity contribution in [1.29, 1.82) is 0 Å². The van der Waals surface area contributed by atoms with E-state index in [1.807, 2.05) is 0 Å². The average Bonchev–Trinajstić information content (AvgIpc) is 2.55. The van der Waals surface area contributed by atoms with Gasteiger partial charge in [-0.1, -0.05) is 74.3 Å². The minimum absolute atomic E-state index is 0.0907. The third-order valence-corrected chi connectivity index (χ3v) is 17.6. The van der Waals surface area contributed by atoms with Gasteiger partial charge in [0.05, 0.1) is 12.2 Å². The van der Waals surface area contributed by atoms with Gasteiger partial charge >= 0.3 is 0 Å². The van der Waals surface area contributed by atoms with Gasteiger partial charge in [0.2, 0.25) is 8.32 Å². The van der Waals surface area contributed by atoms with Crippen molar-refractivity contribution in [3.05, 3.63) is 12.7 Å². The molecule has 0 aliphatic rings. The van der Waals surface area contributed by atoms with E-state index in [0.717, 1.165) is 0 Å². The van der Waals surface area contributed by atoms with E-state index in [1.54, 1.807) is 6.08 Å². The lowest BCUT2D eigenvalue weighted by molar-refractivity contribution is 0.0618. The third kappa shape index (κ3) is 7.95. The molecule has 0 aliphatic carbocycles. The summed E-state index contributed by atoms with van der Waals surface area (Å²) in [4.78, 5) is 0. The maximum absolute atomic E-state index is 10.5. The van der Waals surface area contributed by atoms with Crippen LogP contribution >= 0.6 is 0 Å². The van der Waals surface area contributed by atoms with E-state index in [2.05, 4.69) is 87.9 Å². The van der Waals surface area contributed by atoms with Crippen molar-refractivity contribution in [3.8, 4) is 12.3 Å². The second-order valence-electron chi connectivity index (χ2n) is 11.2. The molecule has 0 aromatic rings. The van der Waals surface area contributed by atoms with Gasteiger partial charge in [0, 0.05) is 6.42 Å². The van der Waals surface area contributed by atoms with Crippen molar-refractivity contribution in [2.24, 2.45) is 0 Å². The van der Waals surface area contributed by atoms with Crippen molar-refractivity contribution in [2.45, 2.75) is 135 Å². The SMILES string of the molecule is C#C[C@@H](C[C@H](C[C@@H](O)CC=C)O[Si](C)(C)C(C)(C)C)O[Si](C(C)C)(C(C)C)C(C)C. The van der Waals surface area contributed by atoms with Crippen molar-refractivity contribution in [3.63, 3.8) is 0 Å². The predicted molar refractivity (Wildman–Crippen MR) is 137 cm³/mol. The van der Waals surface area contributed by atoms with Crippen molar-refractivity contribution in [1.82, 2.24) is 0 Å². The molecule has 176 valence electrons. The molecule has 0 rings (SSSR count). The predicted octanol–water partition coefficient (Wildman–Crippen LogP) is 7.29. The molecular weight excluding hydrogens is 404 g/mol. The Morgan fingerprint density at radius 3 is 1.77 bits per heavy atom. The van der Waals surface area contributed by atoms with E-state index >= 15 is 0 Å². The van der Waals surface area contributed by atoms with Crippen LogP contribution in [0.3, 0.4) is 0 Å². The Hall–Kier alpha value is -0.386. The molecule has 0 radical (unpaired) electrons. The molecule has 5 heteroatoms. The summed E-state index contributed by atoms with van der Waals surface area (Å²) in [5.74, 6) is 2.93. The lowest BCUT2D eigenvalue weighted by atomic mass is 10.0. The summed E-state index contributed by atoms with van der Waals surface area (Å²) in [5, 5.41) is 10.6. The first-order valence-corrected chi connectivity index (χ1v) is 16.7. The van der Waals surface area contributed by atoms with Gasteiger partial charge in [0.15, 0.2) is 8.32 Å². The fourth-order valence-electron chi connectivity index (χ4n) is 4.42. The summed E-state index contributed by atoms with van der Waals surface area (Å²) in [6.07, 6.45) is 8.59. The van der Waals surface area contributed by atoms with E-state index < -0.39 is 22.7 Å². The van der Waals surface area contributed by atoms with Crippen LogP contribution in [0.25, 0.3) is 0 Å². The number of aliphatic hydroxyl groups is 1. The van der Waals surface area contributed by atoms with E-state index in [0.29, 0.717) is 35.9 Å². The summed E-state index contributed by atoms with van der Waals surface area (Å²) in [6, 6.07) is 0. The van der Waals surface area contributed by atoms with Crippen LogP contribution in [-0.2, 0) is 8.85 Å². The van der Waals surface area contributed by atoms with Crippen LogP contribution in [0.15, 0.2) is 12.7 Å². The number of rotatable bonds is 13. The Morgan fingerprint density at radius 1 is 0.967 bits per heavy atom. The zero-order chi connectivity index (χ0) is 23.9. The molecule has 0 amide bonds. The Balaban J connectivity index is 5.80. The molecule has 0 bridgehead atoms. The van der Waals surface area contributed by atoms with Crippen molar-refractivity contribution in [2.75, 3.05) is 0 Å². The molecule has 0 unspecified atom stereocenters. The molecule has 0 saturated carbocycles. The topological polar surface area (TPSA) is 38.7 Å². The quantitative estimate of drug-likeness (QED) is 0.180. The van der Waals surface area contributed by atoms with Gasteiger partial charge in [-0.15, -0.1) is 13.0 Å². The molecule has 0 fully saturated rings.